The molecular weight excluding hydrogens is 317 g/mol. The molecule has 0 aromatic heterocycles. The van der Waals surface area contributed by atoms with E-state index in [2.05, 4.69) is 38.1 Å². The molecule has 0 saturated heterocycles. The van der Waals surface area contributed by atoms with Crippen molar-refractivity contribution in [3.63, 3.8) is 0 Å². The van der Waals surface area contributed by atoms with Gasteiger partial charge in [-0.15, -0.1) is 0 Å². The summed E-state index contributed by atoms with van der Waals surface area (Å²) in [6, 6.07) is 21.8. The Balaban J connectivity index is -0.000000224. The second kappa shape index (κ2) is 20.9. The quantitative estimate of drug-likeness (QED) is 0.565. The number of rotatable bonds is 1. The summed E-state index contributed by atoms with van der Waals surface area (Å²) < 4.78 is 0. The minimum absolute atomic E-state index is 0. The molecule has 1 radical (unpaired) electrons. The zero-order chi connectivity index (χ0) is 14.9. The van der Waals surface area contributed by atoms with E-state index in [9.17, 15) is 0 Å². The van der Waals surface area contributed by atoms with Crippen molar-refractivity contribution in [2.45, 2.75) is 48.0 Å². The molecule has 0 atom stereocenters. The summed E-state index contributed by atoms with van der Waals surface area (Å²) in [5, 5.41) is 0. The Labute approximate surface area is 151 Å². The van der Waals surface area contributed by atoms with Crippen LogP contribution in [0.25, 0.3) is 0 Å². The monoisotopic (exact) mass is 345 g/mol. The van der Waals surface area contributed by atoms with Crippen molar-refractivity contribution in [2.75, 3.05) is 0 Å². The topological polar surface area (TPSA) is 0 Å². The van der Waals surface area contributed by atoms with Gasteiger partial charge in [0.1, 0.15) is 0 Å². The Morgan fingerprint density at radius 2 is 1.10 bits per heavy atom. The van der Waals surface area contributed by atoms with Gasteiger partial charge < -0.3 is 0 Å². The molecule has 2 rings (SSSR count). The van der Waals surface area contributed by atoms with Gasteiger partial charge in [-0.2, -0.15) is 71.8 Å². The fourth-order valence-electron chi connectivity index (χ4n) is 1.13. The molecule has 0 nitrogen and oxygen atoms in total. The maximum absolute atomic E-state index is 2.97. The maximum Gasteiger partial charge on any atom is 0 e. The summed E-state index contributed by atoms with van der Waals surface area (Å²) in [6.07, 6.45) is 1.12. The first-order chi connectivity index (χ1) is 9.33. The molecule has 2 aromatic carbocycles. The van der Waals surface area contributed by atoms with Gasteiger partial charge in [-0.1, -0.05) is 48.0 Å². The Morgan fingerprint density at radius 3 is 1.30 bits per heavy atom. The summed E-state index contributed by atoms with van der Waals surface area (Å²) in [7, 11) is 0. The van der Waals surface area contributed by atoms with Crippen molar-refractivity contribution in [1.29, 1.82) is 0 Å². The van der Waals surface area contributed by atoms with Crippen molar-refractivity contribution in [3.05, 3.63) is 71.8 Å². The van der Waals surface area contributed by atoms with Crippen LogP contribution in [0.15, 0.2) is 48.5 Å². The van der Waals surface area contributed by atoms with E-state index in [-0.39, 0.29) is 32.7 Å². The molecule has 0 aliphatic rings. The molecule has 109 valence electrons. The van der Waals surface area contributed by atoms with Crippen LogP contribution in [0.1, 0.15) is 45.7 Å². The van der Waals surface area contributed by atoms with Gasteiger partial charge in [0.05, 0.1) is 0 Å². The Bertz CT molecular complexity index is 354. The van der Waals surface area contributed by atoms with Crippen molar-refractivity contribution in [2.24, 2.45) is 0 Å². The first-order valence-electron chi connectivity index (χ1n) is 7.20. The van der Waals surface area contributed by atoms with Crippen LogP contribution in [0.4, 0.5) is 0 Å². The number of benzene rings is 2. The molecule has 0 N–H and O–H groups in total. The normalized spacial score (nSPS) is 7.30. The average molecular weight is 345 g/mol. The zero-order valence-electron chi connectivity index (χ0n) is 13.9. The van der Waals surface area contributed by atoms with Crippen molar-refractivity contribution in [3.8, 4) is 0 Å². The van der Waals surface area contributed by atoms with E-state index in [1.165, 1.54) is 11.1 Å². The van der Waals surface area contributed by atoms with Gasteiger partial charge in [-0.3, -0.25) is 0 Å². The van der Waals surface area contributed by atoms with Crippen LogP contribution < -0.4 is 0 Å². The average Bonchev–Trinajstić information content (AvgIpc) is 2.53. The first kappa shape index (κ1) is 24.6. The standard InChI is InChI=1S/C8H9.C7H7.2C2H6.Y/c1-2-8-6-4-3-5-7-8;1-7-5-3-2-4-6-7;2*1-2;/h4-7H,2H2,1H3;3-6H,1H3;2*1-2H3;/q2*-1;;;. The first-order valence-corrected chi connectivity index (χ1v) is 7.20. The largest absolute Gasteiger partial charge is 0.184 e. The van der Waals surface area contributed by atoms with Crippen LogP contribution in [0.2, 0.25) is 0 Å². The van der Waals surface area contributed by atoms with E-state index in [1.54, 1.807) is 0 Å². The number of hydrogen-bond acceptors (Lipinski definition) is 0. The Morgan fingerprint density at radius 1 is 0.750 bits per heavy atom. The third-order valence-electron chi connectivity index (χ3n) is 2.08. The van der Waals surface area contributed by atoms with Gasteiger partial charge in [0.25, 0.3) is 0 Å². The van der Waals surface area contributed by atoms with Gasteiger partial charge in [0.15, 0.2) is 0 Å². The van der Waals surface area contributed by atoms with Crippen molar-refractivity contribution < 1.29 is 32.7 Å². The van der Waals surface area contributed by atoms with Gasteiger partial charge in [-0.05, 0) is 0 Å². The van der Waals surface area contributed by atoms with Crippen LogP contribution in [0, 0.1) is 19.1 Å². The molecule has 0 bridgehead atoms. The van der Waals surface area contributed by atoms with E-state index in [0.29, 0.717) is 0 Å². The second-order valence-corrected chi connectivity index (χ2v) is 3.34. The van der Waals surface area contributed by atoms with E-state index < -0.39 is 0 Å². The molecule has 0 fully saturated rings. The van der Waals surface area contributed by atoms with E-state index >= 15 is 0 Å². The van der Waals surface area contributed by atoms with Crippen LogP contribution >= 0.6 is 0 Å². The molecule has 20 heavy (non-hydrogen) atoms. The van der Waals surface area contributed by atoms with Gasteiger partial charge in [0, 0.05) is 32.7 Å². The summed E-state index contributed by atoms with van der Waals surface area (Å²) in [4.78, 5) is 0. The minimum Gasteiger partial charge on any atom is -0.184 e. The third kappa shape index (κ3) is 15.6. The molecule has 0 amide bonds. The summed E-state index contributed by atoms with van der Waals surface area (Å²) in [5.41, 5.74) is 2.67. The Hall–Kier alpha value is -0.456. The van der Waals surface area contributed by atoms with Crippen molar-refractivity contribution >= 4 is 0 Å². The molecule has 0 aliphatic heterocycles. The summed E-state index contributed by atoms with van der Waals surface area (Å²) in [5.74, 6) is 0. The predicted molar refractivity (Wildman–Crippen MR) is 87.4 cm³/mol. The van der Waals surface area contributed by atoms with Gasteiger partial charge in [0.2, 0.25) is 0 Å². The SMILES string of the molecule is CC.CC.CCc1cc[c-]cc1.Cc1cc[c-]cc1.[Y]. The molecule has 2 aromatic rings. The van der Waals surface area contributed by atoms with E-state index in [1.807, 2.05) is 64.1 Å². The fourth-order valence-corrected chi connectivity index (χ4v) is 1.13. The van der Waals surface area contributed by atoms with Gasteiger partial charge in [-0.25, -0.2) is 0 Å². The van der Waals surface area contributed by atoms with Crippen LogP contribution in [0.5, 0.6) is 0 Å². The number of hydrogen-bond donors (Lipinski definition) is 0. The van der Waals surface area contributed by atoms with Gasteiger partial charge >= 0.3 is 0 Å². The predicted octanol–water partition coefficient (Wildman–Crippen LogP) is 5.89. The maximum atomic E-state index is 2.97. The molecule has 0 unspecified atom stereocenters. The third-order valence-corrected chi connectivity index (χ3v) is 2.08. The van der Waals surface area contributed by atoms with E-state index in [0.717, 1.165) is 6.42 Å². The molecule has 0 saturated carbocycles. The summed E-state index contributed by atoms with van der Waals surface area (Å²) in [6.45, 7) is 12.2. The minimum atomic E-state index is 0. The Kier molecular flexibility index (Phi) is 25.6. The smallest absolute Gasteiger partial charge is 0 e. The fraction of sp³-hybridized carbons (Fsp3) is 0.368. The molecular formula is C19H28Y-2. The molecule has 0 aliphatic carbocycles. The molecule has 0 spiro atoms. The van der Waals surface area contributed by atoms with Crippen LogP contribution in [0.3, 0.4) is 0 Å². The van der Waals surface area contributed by atoms with E-state index in [4.69, 9.17) is 0 Å². The molecule has 0 heterocycles. The molecule has 1 heteroatoms. The zero-order valence-corrected chi connectivity index (χ0v) is 16.7. The number of aryl methyl sites for hydroxylation is 2. The van der Waals surface area contributed by atoms with Crippen LogP contribution in [-0.2, 0) is 39.1 Å². The van der Waals surface area contributed by atoms with Crippen molar-refractivity contribution in [1.82, 2.24) is 0 Å². The van der Waals surface area contributed by atoms with Crippen LogP contribution in [-0.4, -0.2) is 0 Å². The second-order valence-electron chi connectivity index (χ2n) is 3.34. The summed E-state index contributed by atoms with van der Waals surface area (Å²) >= 11 is 0.